The van der Waals surface area contributed by atoms with Crippen LogP contribution in [0.5, 0.6) is 5.75 Å². The summed E-state index contributed by atoms with van der Waals surface area (Å²) < 4.78 is 5.23. The number of methoxy groups -OCH3 is 1. The van der Waals surface area contributed by atoms with Crippen molar-refractivity contribution < 1.29 is 19.4 Å². The van der Waals surface area contributed by atoms with E-state index < -0.39 is 17.4 Å². The first-order chi connectivity index (χ1) is 13.5. The van der Waals surface area contributed by atoms with Crippen LogP contribution in [0.15, 0.2) is 54.6 Å². The summed E-state index contributed by atoms with van der Waals surface area (Å²) in [5.41, 5.74) is 1.13. The molecule has 148 valence electrons. The minimum absolute atomic E-state index is 0.194. The molecule has 0 bridgehead atoms. The van der Waals surface area contributed by atoms with Crippen LogP contribution in [-0.4, -0.2) is 30.1 Å². The molecule has 0 heterocycles. The number of carbonyl (C=O) groups is 2. The molecule has 0 saturated heterocycles. The Bertz CT molecular complexity index is 795. The van der Waals surface area contributed by atoms with Gasteiger partial charge in [-0.05, 0) is 36.1 Å². The fraction of sp³-hybridized carbons (Fsp3) is 0.391. The maximum atomic E-state index is 13.4. The predicted molar refractivity (Wildman–Crippen MR) is 107 cm³/mol. The number of rotatable bonds is 7. The number of carboxylic acid groups (broad SMARTS) is 1. The van der Waals surface area contributed by atoms with Crippen molar-refractivity contribution in [2.45, 2.75) is 50.0 Å². The standard InChI is InChI=1S/C23H27NO4/c1-28-19-12-10-18(11-13-19)23(14-6-3-7-15-23)22(27)24-20(21(25)26)16-17-8-4-2-5-9-17/h2,4-5,8-13,20H,3,6-7,14-16H2,1H3,(H,24,27)(H,25,26)/t20-/m0/s1. The lowest BCUT2D eigenvalue weighted by atomic mass is 9.68. The van der Waals surface area contributed by atoms with Crippen molar-refractivity contribution in [3.8, 4) is 5.75 Å². The van der Waals surface area contributed by atoms with E-state index in [1.54, 1.807) is 7.11 Å². The van der Waals surface area contributed by atoms with Crippen LogP contribution in [0.2, 0.25) is 0 Å². The molecule has 0 aliphatic heterocycles. The van der Waals surface area contributed by atoms with Gasteiger partial charge < -0.3 is 15.2 Å². The topological polar surface area (TPSA) is 75.6 Å². The van der Waals surface area contributed by atoms with Gasteiger partial charge in [0.2, 0.25) is 5.91 Å². The van der Waals surface area contributed by atoms with Crippen LogP contribution in [0, 0.1) is 0 Å². The molecule has 0 aromatic heterocycles. The van der Waals surface area contributed by atoms with Crippen molar-refractivity contribution in [3.63, 3.8) is 0 Å². The van der Waals surface area contributed by atoms with E-state index in [-0.39, 0.29) is 12.3 Å². The third-order valence-corrected chi connectivity index (χ3v) is 5.67. The zero-order valence-electron chi connectivity index (χ0n) is 16.2. The number of ether oxygens (including phenoxy) is 1. The van der Waals surface area contributed by atoms with E-state index in [0.29, 0.717) is 0 Å². The molecule has 5 heteroatoms. The molecule has 1 fully saturated rings. The number of benzene rings is 2. The molecule has 0 unspecified atom stereocenters. The number of aliphatic carboxylic acids is 1. The summed E-state index contributed by atoms with van der Waals surface area (Å²) in [6.45, 7) is 0. The molecule has 2 aromatic carbocycles. The smallest absolute Gasteiger partial charge is 0.326 e. The average Bonchev–Trinajstić information content (AvgIpc) is 2.74. The highest BCUT2D eigenvalue weighted by molar-refractivity contribution is 5.91. The molecule has 3 rings (SSSR count). The van der Waals surface area contributed by atoms with E-state index in [4.69, 9.17) is 4.74 Å². The van der Waals surface area contributed by atoms with Crippen molar-refractivity contribution >= 4 is 11.9 Å². The third-order valence-electron chi connectivity index (χ3n) is 5.67. The number of carboxylic acids is 1. The first-order valence-electron chi connectivity index (χ1n) is 9.77. The molecule has 0 spiro atoms. The Labute approximate surface area is 165 Å². The van der Waals surface area contributed by atoms with Gasteiger partial charge in [-0.25, -0.2) is 4.79 Å². The quantitative estimate of drug-likeness (QED) is 0.767. The molecule has 2 N–H and O–H groups in total. The highest BCUT2D eigenvalue weighted by Gasteiger charge is 2.42. The first kappa shape index (κ1) is 19.9. The average molecular weight is 381 g/mol. The Hall–Kier alpha value is -2.82. The van der Waals surface area contributed by atoms with E-state index in [9.17, 15) is 14.7 Å². The van der Waals surface area contributed by atoms with Crippen LogP contribution in [0.25, 0.3) is 0 Å². The monoisotopic (exact) mass is 381 g/mol. The molecule has 5 nitrogen and oxygen atoms in total. The summed E-state index contributed by atoms with van der Waals surface area (Å²) >= 11 is 0. The fourth-order valence-corrected chi connectivity index (χ4v) is 4.06. The molecule has 28 heavy (non-hydrogen) atoms. The van der Waals surface area contributed by atoms with Gasteiger partial charge in [-0.15, -0.1) is 0 Å². The zero-order chi connectivity index (χ0) is 20.0. The van der Waals surface area contributed by atoms with Crippen molar-refractivity contribution in [3.05, 3.63) is 65.7 Å². The van der Waals surface area contributed by atoms with Gasteiger partial charge in [-0.2, -0.15) is 0 Å². The molecule has 0 radical (unpaired) electrons. The van der Waals surface area contributed by atoms with Gasteiger partial charge in [0.25, 0.3) is 0 Å². The minimum atomic E-state index is -1.02. The lowest BCUT2D eigenvalue weighted by Crippen LogP contribution is -2.52. The molecule has 2 aromatic rings. The molecule has 1 saturated carbocycles. The Morgan fingerprint density at radius 1 is 1.04 bits per heavy atom. The third kappa shape index (κ3) is 4.35. The Morgan fingerprint density at radius 2 is 1.68 bits per heavy atom. The lowest BCUT2D eigenvalue weighted by Gasteiger charge is -2.37. The predicted octanol–water partition coefficient (Wildman–Crippen LogP) is 3.71. The maximum absolute atomic E-state index is 13.4. The molecule has 1 amide bonds. The first-order valence-corrected chi connectivity index (χ1v) is 9.77. The van der Waals surface area contributed by atoms with Gasteiger partial charge >= 0.3 is 5.97 Å². The largest absolute Gasteiger partial charge is 0.497 e. The molecular weight excluding hydrogens is 354 g/mol. The molecule has 1 aliphatic rings. The van der Waals surface area contributed by atoms with Crippen LogP contribution in [0.3, 0.4) is 0 Å². The number of carbonyl (C=O) groups excluding carboxylic acids is 1. The van der Waals surface area contributed by atoms with E-state index >= 15 is 0 Å². The van der Waals surface area contributed by atoms with Crippen LogP contribution in [0.4, 0.5) is 0 Å². The molecule has 1 atom stereocenters. The number of hydrogen-bond acceptors (Lipinski definition) is 3. The van der Waals surface area contributed by atoms with Gasteiger partial charge in [0.05, 0.1) is 12.5 Å². The van der Waals surface area contributed by atoms with E-state index in [2.05, 4.69) is 5.32 Å². The normalized spacial score (nSPS) is 16.8. The van der Waals surface area contributed by atoms with E-state index in [0.717, 1.165) is 49.0 Å². The second-order valence-electron chi connectivity index (χ2n) is 7.43. The van der Waals surface area contributed by atoms with Crippen molar-refractivity contribution in [1.82, 2.24) is 5.32 Å². The van der Waals surface area contributed by atoms with Crippen LogP contribution in [0.1, 0.15) is 43.2 Å². The zero-order valence-corrected chi connectivity index (χ0v) is 16.2. The SMILES string of the molecule is COc1ccc(C2(C(=O)N[C@@H](Cc3ccccc3)C(=O)O)CCCCC2)cc1. The summed E-state index contributed by atoms with van der Waals surface area (Å²) in [5.74, 6) is -0.471. The minimum Gasteiger partial charge on any atom is -0.497 e. The van der Waals surface area contributed by atoms with E-state index in [1.807, 2.05) is 54.6 Å². The summed E-state index contributed by atoms with van der Waals surface area (Å²) in [6, 6.07) is 16.0. The van der Waals surface area contributed by atoms with Crippen LogP contribution < -0.4 is 10.1 Å². The van der Waals surface area contributed by atoms with Crippen molar-refractivity contribution in [2.24, 2.45) is 0 Å². The Balaban J connectivity index is 1.84. The highest BCUT2D eigenvalue weighted by Crippen LogP contribution is 2.40. The highest BCUT2D eigenvalue weighted by atomic mass is 16.5. The van der Waals surface area contributed by atoms with Crippen molar-refractivity contribution in [2.75, 3.05) is 7.11 Å². The second kappa shape index (κ2) is 8.91. The summed E-state index contributed by atoms with van der Waals surface area (Å²) in [5, 5.41) is 12.5. The van der Waals surface area contributed by atoms with Crippen LogP contribution in [-0.2, 0) is 21.4 Å². The molecular formula is C23H27NO4. The Kier molecular flexibility index (Phi) is 6.34. The summed E-state index contributed by atoms with van der Waals surface area (Å²) in [7, 11) is 1.61. The Morgan fingerprint density at radius 3 is 2.25 bits per heavy atom. The van der Waals surface area contributed by atoms with Gasteiger partial charge in [0, 0.05) is 6.42 Å². The van der Waals surface area contributed by atoms with Gasteiger partial charge in [0.1, 0.15) is 11.8 Å². The van der Waals surface area contributed by atoms with Crippen molar-refractivity contribution in [1.29, 1.82) is 0 Å². The molecule has 1 aliphatic carbocycles. The van der Waals surface area contributed by atoms with Gasteiger partial charge in [0.15, 0.2) is 0 Å². The maximum Gasteiger partial charge on any atom is 0.326 e. The number of nitrogens with one attached hydrogen (secondary N) is 1. The van der Waals surface area contributed by atoms with Gasteiger partial charge in [-0.1, -0.05) is 61.7 Å². The van der Waals surface area contributed by atoms with E-state index in [1.165, 1.54) is 0 Å². The fourth-order valence-electron chi connectivity index (χ4n) is 4.06. The summed E-state index contributed by atoms with van der Waals surface area (Å²) in [6.07, 6.45) is 4.72. The summed E-state index contributed by atoms with van der Waals surface area (Å²) in [4.78, 5) is 25.2. The lowest BCUT2D eigenvalue weighted by molar-refractivity contribution is -0.143. The number of hydrogen-bond donors (Lipinski definition) is 2. The van der Waals surface area contributed by atoms with Gasteiger partial charge in [-0.3, -0.25) is 4.79 Å². The number of amides is 1. The van der Waals surface area contributed by atoms with Crippen LogP contribution >= 0.6 is 0 Å². The second-order valence-corrected chi connectivity index (χ2v) is 7.43.